The Morgan fingerprint density at radius 3 is 2.44 bits per heavy atom. The first kappa shape index (κ1) is 19.1. The Morgan fingerprint density at radius 1 is 1.24 bits per heavy atom. The molecule has 0 saturated heterocycles. The molecule has 2 aromatic rings. The molecule has 0 N–H and O–H groups in total. The quantitative estimate of drug-likeness (QED) is 0.762. The fourth-order valence-corrected chi connectivity index (χ4v) is 2.78. The van der Waals surface area contributed by atoms with E-state index >= 15 is 0 Å². The number of ether oxygens (including phenoxy) is 1. The van der Waals surface area contributed by atoms with Crippen molar-refractivity contribution < 1.29 is 22.7 Å². The van der Waals surface area contributed by atoms with E-state index < -0.39 is 18.9 Å². The Kier molecular flexibility index (Phi) is 6.25. The lowest BCUT2D eigenvalue weighted by Crippen LogP contribution is -2.37. The molecule has 2 rings (SSSR count). The first-order valence-corrected chi connectivity index (χ1v) is 7.86. The van der Waals surface area contributed by atoms with Crippen LogP contribution in [0.3, 0.4) is 0 Å². The number of benzene rings is 1. The number of rotatable bonds is 7. The van der Waals surface area contributed by atoms with Crippen molar-refractivity contribution in [2.75, 3.05) is 26.8 Å². The van der Waals surface area contributed by atoms with Gasteiger partial charge >= 0.3 is 0 Å². The van der Waals surface area contributed by atoms with Gasteiger partial charge in [0.2, 0.25) is 0 Å². The third-order valence-electron chi connectivity index (χ3n) is 3.96. The minimum atomic E-state index is -2.62. The molecule has 0 spiro atoms. The van der Waals surface area contributed by atoms with Crippen molar-refractivity contribution in [2.45, 2.75) is 20.3 Å². The van der Waals surface area contributed by atoms with E-state index in [0.717, 1.165) is 10.6 Å². The topological polar surface area (TPSA) is 34.5 Å². The summed E-state index contributed by atoms with van der Waals surface area (Å²) in [6.07, 6.45) is -2.62. The molecule has 0 fully saturated rings. The van der Waals surface area contributed by atoms with E-state index in [0.29, 0.717) is 16.9 Å². The highest BCUT2D eigenvalue weighted by Crippen LogP contribution is 2.22. The molecule has 0 aliphatic heterocycles. The van der Waals surface area contributed by atoms with Gasteiger partial charge < -0.3 is 14.2 Å². The fourth-order valence-electron chi connectivity index (χ4n) is 2.78. The summed E-state index contributed by atoms with van der Waals surface area (Å²) in [7, 11) is 1.45. The zero-order valence-electron chi connectivity index (χ0n) is 14.4. The van der Waals surface area contributed by atoms with Gasteiger partial charge in [0.25, 0.3) is 12.3 Å². The van der Waals surface area contributed by atoms with Crippen molar-refractivity contribution in [3.8, 4) is 5.69 Å². The molecule has 0 saturated carbocycles. The molecule has 1 aromatic heterocycles. The fraction of sp³-hybridized carbons (Fsp3) is 0.389. The number of amides is 1. The van der Waals surface area contributed by atoms with Gasteiger partial charge in [-0.05, 0) is 44.2 Å². The summed E-state index contributed by atoms with van der Waals surface area (Å²) < 4.78 is 45.4. The molecule has 7 heteroatoms. The molecule has 0 aliphatic carbocycles. The number of nitrogens with zero attached hydrogens (tertiary/aromatic N) is 2. The van der Waals surface area contributed by atoms with Gasteiger partial charge in [0.05, 0.1) is 18.7 Å². The van der Waals surface area contributed by atoms with Crippen LogP contribution in [-0.4, -0.2) is 48.6 Å². The molecule has 0 aliphatic rings. The Bertz CT molecular complexity index is 727. The Balaban J connectivity index is 2.36. The number of hydrogen-bond acceptors (Lipinski definition) is 2. The maximum absolute atomic E-state index is 13.1. The number of carbonyl (C=O) groups is 1. The molecule has 0 unspecified atom stereocenters. The van der Waals surface area contributed by atoms with Crippen LogP contribution >= 0.6 is 0 Å². The lowest BCUT2D eigenvalue weighted by molar-refractivity contribution is 0.0477. The molecule has 0 atom stereocenters. The second-order valence-electron chi connectivity index (χ2n) is 5.73. The summed E-state index contributed by atoms with van der Waals surface area (Å²) >= 11 is 0. The summed E-state index contributed by atoms with van der Waals surface area (Å²) in [4.78, 5) is 13.8. The van der Waals surface area contributed by atoms with Crippen LogP contribution in [0.25, 0.3) is 5.69 Å². The van der Waals surface area contributed by atoms with Crippen LogP contribution in [-0.2, 0) is 4.74 Å². The highest BCUT2D eigenvalue weighted by molar-refractivity contribution is 5.96. The van der Waals surface area contributed by atoms with Crippen LogP contribution in [0.2, 0.25) is 0 Å². The third-order valence-corrected chi connectivity index (χ3v) is 3.96. The van der Waals surface area contributed by atoms with Crippen molar-refractivity contribution >= 4 is 5.91 Å². The van der Waals surface area contributed by atoms with E-state index in [1.54, 1.807) is 36.6 Å². The van der Waals surface area contributed by atoms with Gasteiger partial charge in [-0.3, -0.25) is 4.79 Å². The number of aryl methyl sites for hydroxylation is 1. The standard InChI is InChI=1S/C18H21F3N2O2/c1-12-10-16(18(24)22(8-9-25-3)11-17(20)21)13(2)23(12)15-6-4-14(19)5-7-15/h4-7,10,17H,8-9,11H2,1-3H3. The average Bonchev–Trinajstić information content (AvgIpc) is 2.86. The maximum Gasteiger partial charge on any atom is 0.255 e. The van der Waals surface area contributed by atoms with Crippen molar-refractivity contribution in [1.82, 2.24) is 9.47 Å². The van der Waals surface area contributed by atoms with Crippen LogP contribution in [0.5, 0.6) is 0 Å². The van der Waals surface area contributed by atoms with E-state index in [9.17, 15) is 18.0 Å². The number of halogens is 3. The summed E-state index contributed by atoms with van der Waals surface area (Å²) in [6.45, 7) is 3.15. The van der Waals surface area contributed by atoms with Gasteiger partial charge in [-0.1, -0.05) is 0 Å². The van der Waals surface area contributed by atoms with Crippen molar-refractivity contribution in [3.63, 3.8) is 0 Å². The maximum atomic E-state index is 13.1. The molecular weight excluding hydrogens is 333 g/mol. The average molecular weight is 354 g/mol. The van der Waals surface area contributed by atoms with Crippen LogP contribution in [0.15, 0.2) is 30.3 Å². The predicted molar refractivity (Wildman–Crippen MR) is 89.0 cm³/mol. The zero-order chi connectivity index (χ0) is 18.6. The highest BCUT2D eigenvalue weighted by atomic mass is 19.3. The van der Waals surface area contributed by atoms with Crippen LogP contribution in [0, 0.1) is 19.7 Å². The van der Waals surface area contributed by atoms with E-state index in [4.69, 9.17) is 4.74 Å². The second-order valence-corrected chi connectivity index (χ2v) is 5.73. The molecule has 0 radical (unpaired) electrons. The van der Waals surface area contributed by atoms with Crippen LogP contribution in [0.1, 0.15) is 21.7 Å². The molecule has 4 nitrogen and oxygen atoms in total. The molecule has 136 valence electrons. The van der Waals surface area contributed by atoms with E-state index in [1.807, 2.05) is 0 Å². The molecule has 0 bridgehead atoms. The lowest BCUT2D eigenvalue weighted by atomic mass is 10.2. The van der Waals surface area contributed by atoms with Gasteiger partial charge in [0, 0.05) is 30.7 Å². The van der Waals surface area contributed by atoms with Crippen LogP contribution < -0.4 is 0 Å². The van der Waals surface area contributed by atoms with Gasteiger partial charge in [-0.15, -0.1) is 0 Å². The largest absolute Gasteiger partial charge is 0.383 e. The third kappa shape index (κ3) is 4.42. The minimum absolute atomic E-state index is 0.0832. The molecule has 1 heterocycles. The number of carbonyl (C=O) groups excluding carboxylic acids is 1. The van der Waals surface area contributed by atoms with Gasteiger partial charge in [0.1, 0.15) is 5.82 Å². The Labute approximate surface area is 144 Å². The van der Waals surface area contributed by atoms with Gasteiger partial charge in [-0.25, -0.2) is 13.2 Å². The summed E-state index contributed by atoms with van der Waals surface area (Å²) in [6, 6.07) is 7.53. The molecule has 25 heavy (non-hydrogen) atoms. The van der Waals surface area contributed by atoms with E-state index in [-0.39, 0.29) is 19.0 Å². The van der Waals surface area contributed by atoms with E-state index in [2.05, 4.69) is 0 Å². The normalized spacial score (nSPS) is 11.2. The van der Waals surface area contributed by atoms with Crippen molar-refractivity contribution in [1.29, 1.82) is 0 Å². The lowest BCUT2D eigenvalue weighted by Gasteiger charge is -2.22. The van der Waals surface area contributed by atoms with Gasteiger partial charge in [-0.2, -0.15) is 0 Å². The number of hydrogen-bond donors (Lipinski definition) is 0. The first-order chi connectivity index (χ1) is 11.8. The smallest absolute Gasteiger partial charge is 0.255 e. The monoisotopic (exact) mass is 354 g/mol. The second kappa shape index (κ2) is 8.20. The van der Waals surface area contributed by atoms with Crippen molar-refractivity contribution in [2.24, 2.45) is 0 Å². The zero-order valence-corrected chi connectivity index (χ0v) is 14.4. The highest BCUT2D eigenvalue weighted by Gasteiger charge is 2.24. The number of methoxy groups -OCH3 is 1. The predicted octanol–water partition coefficient (Wildman–Crippen LogP) is 3.59. The number of alkyl halides is 2. The summed E-state index contributed by atoms with van der Waals surface area (Å²) in [5.74, 6) is -0.830. The van der Waals surface area contributed by atoms with Crippen molar-refractivity contribution in [3.05, 3.63) is 53.1 Å². The van der Waals surface area contributed by atoms with Crippen LogP contribution in [0.4, 0.5) is 13.2 Å². The first-order valence-electron chi connectivity index (χ1n) is 7.86. The minimum Gasteiger partial charge on any atom is -0.383 e. The molecule has 1 amide bonds. The number of aromatic nitrogens is 1. The van der Waals surface area contributed by atoms with Gasteiger partial charge in [0.15, 0.2) is 0 Å². The Hall–Kier alpha value is -2.28. The molecule has 1 aromatic carbocycles. The summed E-state index contributed by atoms with van der Waals surface area (Å²) in [5.41, 5.74) is 2.42. The summed E-state index contributed by atoms with van der Waals surface area (Å²) in [5, 5.41) is 0. The Morgan fingerprint density at radius 2 is 1.88 bits per heavy atom. The molecular formula is C18H21F3N2O2. The van der Waals surface area contributed by atoms with E-state index in [1.165, 1.54) is 19.2 Å². The SMILES string of the molecule is COCCN(CC(F)F)C(=O)c1cc(C)n(-c2ccc(F)cc2)c1C.